The Morgan fingerprint density at radius 1 is 0.519 bits per heavy atom. The summed E-state index contributed by atoms with van der Waals surface area (Å²) in [5.41, 5.74) is -0.834. The van der Waals surface area contributed by atoms with Crippen LogP contribution in [-0.2, 0) is 24.0 Å². The van der Waals surface area contributed by atoms with Crippen LogP contribution in [0.2, 0.25) is 0 Å². The van der Waals surface area contributed by atoms with Crippen LogP contribution in [-0.4, -0.2) is 29.8 Å². The number of carbonyl (C=O) groups is 5. The topological polar surface area (TPSA) is 162 Å². The lowest BCUT2D eigenvalue weighted by Crippen LogP contribution is -2.18. The number of fused-ring (bicyclic) bond motifs is 1. The fourth-order valence-electron chi connectivity index (χ4n) is 4.95. The molecule has 0 aliphatic carbocycles. The maximum atomic E-state index is 14.3. The van der Waals surface area contributed by atoms with Crippen LogP contribution in [0.4, 0.5) is 0 Å². The average Bonchev–Trinajstić information content (AvgIpc) is 3.12. The van der Waals surface area contributed by atoms with E-state index in [1.165, 1.54) is 30.3 Å². The number of ether oxygens (including phenoxy) is 5. The molecule has 0 saturated carbocycles. The molecule has 3 rings (SSSR count). The summed E-state index contributed by atoms with van der Waals surface area (Å²) in [4.78, 5) is 78.1. The van der Waals surface area contributed by atoms with E-state index in [1.807, 2.05) is 34.6 Å². The molecular formula is C40H50O12. The highest BCUT2D eigenvalue weighted by Crippen LogP contribution is 2.40. The second-order valence-corrected chi connectivity index (χ2v) is 12.4. The zero-order chi connectivity index (χ0) is 38.0. The SMILES string of the molecule is CCCCC(=O)Oc1cc(OC(=O)CCCC)c2c(=O)c(OC(=O)CCCC)c(-c3ccc(OC(=O)CCCC)c(OC(=O)CCCC)c3)oc2c1. The van der Waals surface area contributed by atoms with Crippen molar-refractivity contribution in [1.29, 1.82) is 0 Å². The highest BCUT2D eigenvalue weighted by Gasteiger charge is 2.26. The van der Waals surface area contributed by atoms with E-state index in [0.717, 1.165) is 25.7 Å². The molecule has 0 spiro atoms. The lowest BCUT2D eigenvalue weighted by molar-refractivity contribution is -0.137. The van der Waals surface area contributed by atoms with Crippen LogP contribution in [0, 0.1) is 0 Å². The number of esters is 5. The summed E-state index contributed by atoms with van der Waals surface area (Å²) in [7, 11) is 0. The summed E-state index contributed by atoms with van der Waals surface area (Å²) >= 11 is 0. The molecule has 0 unspecified atom stereocenters. The Hall–Kier alpha value is -5.00. The summed E-state index contributed by atoms with van der Waals surface area (Å²) in [5.74, 6) is -4.08. The molecule has 0 radical (unpaired) electrons. The van der Waals surface area contributed by atoms with Gasteiger partial charge in [0, 0.05) is 49.8 Å². The van der Waals surface area contributed by atoms with E-state index in [0.29, 0.717) is 38.5 Å². The van der Waals surface area contributed by atoms with Gasteiger partial charge in [-0.25, -0.2) is 0 Å². The molecule has 3 aromatic rings. The summed E-state index contributed by atoms with van der Waals surface area (Å²) in [5, 5.41) is -0.215. The third-order valence-electron chi connectivity index (χ3n) is 7.89. The monoisotopic (exact) mass is 722 g/mol. The van der Waals surface area contributed by atoms with Gasteiger partial charge in [0.2, 0.25) is 11.2 Å². The van der Waals surface area contributed by atoms with Crippen LogP contribution in [0.5, 0.6) is 28.7 Å². The molecule has 0 fully saturated rings. The molecule has 1 heterocycles. The summed E-state index contributed by atoms with van der Waals surface area (Å²) in [6.07, 6.45) is 6.95. The smallest absolute Gasteiger partial charge is 0.311 e. The molecule has 12 heteroatoms. The van der Waals surface area contributed by atoms with Gasteiger partial charge in [0.15, 0.2) is 17.3 Å². The average molecular weight is 723 g/mol. The Kier molecular flexibility index (Phi) is 17.0. The first-order valence-electron chi connectivity index (χ1n) is 18.4. The second kappa shape index (κ2) is 21.4. The number of rotatable bonds is 21. The minimum absolute atomic E-state index is 0.00582. The third kappa shape index (κ3) is 12.3. The van der Waals surface area contributed by atoms with E-state index in [-0.39, 0.29) is 77.4 Å². The molecule has 0 aliphatic heterocycles. The molecular weight excluding hydrogens is 672 g/mol. The van der Waals surface area contributed by atoms with Crippen LogP contribution < -0.4 is 29.1 Å². The van der Waals surface area contributed by atoms with Crippen molar-refractivity contribution in [2.75, 3.05) is 0 Å². The van der Waals surface area contributed by atoms with Crippen LogP contribution in [0.3, 0.4) is 0 Å². The van der Waals surface area contributed by atoms with E-state index >= 15 is 0 Å². The number of unbranched alkanes of at least 4 members (excludes halogenated alkanes) is 5. The predicted octanol–water partition coefficient (Wildman–Crippen LogP) is 8.94. The summed E-state index contributed by atoms with van der Waals surface area (Å²) in [6.45, 7) is 9.60. The molecule has 1 aromatic heterocycles. The minimum atomic E-state index is -0.834. The van der Waals surface area contributed by atoms with Crippen LogP contribution in [0.1, 0.15) is 131 Å². The lowest BCUT2D eigenvalue weighted by Gasteiger charge is -2.16. The van der Waals surface area contributed by atoms with Gasteiger partial charge < -0.3 is 28.1 Å². The Bertz CT molecular complexity index is 1770. The van der Waals surface area contributed by atoms with Gasteiger partial charge >= 0.3 is 29.8 Å². The molecule has 0 N–H and O–H groups in total. The molecule has 2 aromatic carbocycles. The summed E-state index contributed by atoms with van der Waals surface area (Å²) in [6, 6.07) is 6.76. The Morgan fingerprint density at radius 2 is 0.962 bits per heavy atom. The number of hydrogen-bond acceptors (Lipinski definition) is 12. The molecule has 282 valence electrons. The molecule has 12 nitrogen and oxygen atoms in total. The molecule has 52 heavy (non-hydrogen) atoms. The van der Waals surface area contributed by atoms with E-state index in [2.05, 4.69) is 0 Å². The molecule has 0 bridgehead atoms. The first kappa shape index (κ1) is 41.4. The van der Waals surface area contributed by atoms with Crippen molar-refractivity contribution < 1.29 is 52.1 Å². The van der Waals surface area contributed by atoms with Gasteiger partial charge in [0.1, 0.15) is 22.5 Å². The highest BCUT2D eigenvalue weighted by atomic mass is 16.6. The van der Waals surface area contributed by atoms with Crippen molar-refractivity contribution in [1.82, 2.24) is 0 Å². The van der Waals surface area contributed by atoms with Crippen LogP contribution >= 0.6 is 0 Å². The number of benzene rings is 2. The van der Waals surface area contributed by atoms with Gasteiger partial charge in [0.05, 0.1) is 0 Å². The van der Waals surface area contributed by atoms with Crippen molar-refractivity contribution in [3.05, 3.63) is 40.6 Å². The maximum Gasteiger partial charge on any atom is 0.311 e. The van der Waals surface area contributed by atoms with E-state index < -0.39 is 41.0 Å². The van der Waals surface area contributed by atoms with E-state index in [1.54, 1.807) is 0 Å². The van der Waals surface area contributed by atoms with Gasteiger partial charge in [-0.1, -0.05) is 66.7 Å². The zero-order valence-electron chi connectivity index (χ0n) is 30.9. The first-order valence-corrected chi connectivity index (χ1v) is 18.4. The predicted molar refractivity (Wildman–Crippen MR) is 194 cm³/mol. The Labute approximate surface area is 304 Å². The van der Waals surface area contributed by atoms with E-state index in [9.17, 15) is 28.8 Å². The highest BCUT2D eigenvalue weighted by molar-refractivity contribution is 5.92. The third-order valence-corrected chi connectivity index (χ3v) is 7.89. The number of carbonyl (C=O) groups excluding carboxylic acids is 5. The van der Waals surface area contributed by atoms with Crippen molar-refractivity contribution >= 4 is 40.8 Å². The Balaban J connectivity index is 2.30. The van der Waals surface area contributed by atoms with Gasteiger partial charge in [-0.15, -0.1) is 0 Å². The minimum Gasteiger partial charge on any atom is -0.452 e. The number of hydrogen-bond donors (Lipinski definition) is 0. The molecule has 0 saturated heterocycles. The fraction of sp³-hybridized carbons (Fsp3) is 0.500. The molecule has 0 atom stereocenters. The summed E-state index contributed by atoms with van der Waals surface area (Å²) < 4.78 is 34.3. The van der Waals surface area contributed by atoms with Crippen LogP contribution in [0.25, 0.3) is 22.3 Å². The molecule has 0 aliphatic rings. The molecule has 0 amide bonds. The van der Waals surface area contributed by atoms with Crippen molar-refractivity contribution in [3.8, 4) is 40.1 Å². The second-order valence-electron chi connectivity index (χ2n) is 12.4. The largest absolute Gasteiger partial charge is 0.452 e. The fourth-order valence-corrected chi connectivity index (χ4v) is 4.95. The van der Waals surface area contributed by atoms with Gasteiger partial charge in [0.25, 0.3) is 0 Å². The van der Waals surface area contributed by atoms with Crippen molar-refractivity contribution in [2.45, 2.75) is 131 Å². The van der Waals surface area contributed by atoms with Crippen molar-refractivity contribution in [2.24, 2.45) is 0 Å². The quantitative estimate of drug-likeness (QED) is 0.0759. The normalized spacial score (nSPS) is 10.9. The maximum absolute atomic E-state index is 14.3. The first-order chi connectivity index (χ1) is 25.0. The van der Waals surface area contributed by atoms with E-state index in [4.69, 9.17) is 28.1 Å². The standard InChI is InChI=1S/C40H50O12/c1-6-11-16-32(41)47-27-24-30(50-35(44)19-14-9-4)37-31(25-27)51-39(40(38(37)46)52-36(45)20-15-10-5)26-21-22-28(48-33(42)17-12-7-2)29(23-26)49-34(43)18-13-8-3/h21-25H,6-20H2,1-5H3. The Morgan fingerprint density at radius 3 is 1.46 bits per heavy atom. The van der Waals surface area contributed by atoms with Gasteiger partial charge in [-0.3, -0.25) is 28.8 Å². The zero-order valence-corrected chi connectivity index (χ0v) is 30.9. The lowest BCUT2D eigenvalue weighted by atomic mass is 10.1. The van der Waals surface area contributed by atoms with Gasteiger partial charge in [-0.2, -0.15) is 0 Å². The van der Waals surface area contributed by atoms with Gasteiger partial charge in [-0.05, 0) is 50.3 Å². The van der Waals surface area contributed by atoms with Crippen LogP contribution in [0.15, 0.2) is 39.5 Å². The van der Waals surface area contributed by atoms with Crippen molar-refractivity contribution in [3.63, 3.8) is 0 Å².